The molecule has 2 aliphatic rings. The molecule has 2 fully saturated rings. The number of nitrogens with one attached hydrogen (secondary N) is 1. The van der Waals surface area contributed by atoms with E-state index in [9.17, 15) is 13.2 Å². The van der Waals surface area contributed by atoms with Gasteiger partial charge in [-0.25, -0.2) is 13.4 Å². The lowest BCUT2D eigenvalue weighted by Crippen LogP contribution is -2.48. The second kappa shape index (κ2) is 4.71. The molecule has 3 N–H and O–H groups in total. The van der Waals surface area contributed by atoms with Crippen LogP contribution in [0.5, 0.6) is 0 Å². The highest BCUT2D eigenvalue weighted by molar-refractivity contribution is 7.89. The Morgan fingerprint density at radius 1 is 1.45 bits per heavy atom. The van der Waals surface area contributed by atoms with Crippen molar-refractivity contribution in [1.29, 1.82) is 0 Å². The van der Waals surface area contributed by atoms with Crippen LogP contribution in [-0.4, -0.2) is 42.7 Å². The Kier molecular flexibility index (Phi) is 3.14. The van der Waals surface area contributed by atoms with E-state index in [0.717, 1.165) is 6.42 Å². The minimum Gasteiger partial charge on any atom is -0.383 e. The maximum atomic E-state index is 12.7. The van der Waals surface area contributed by atoms with Crippen molar-refractivity contribution < 1.29 is 13.2 Å². The van der Waals surface area contributed by atoms with E-state index >= 15 is 0 Å². The molecule has 2 atom stereocenters. The van der Waals surface area contributed by atoms with Crippen LogP contribution < -0.4 is 11.1 Å². The van der Waals surface area contributed by atoms with Gasteiger partial charge < -0.3 is 11.1 Å². The molecule has 0 spiro atoms. The summed E-state index contributed by atoms with van der Waals surface area (Å²) >= 11 is 0. The van der Waals surface area contributed by atoms with Gasteiger partial charge in [-0.2, -0.15) is 4.31 Å². The van der Waals surface area contributed by atoms with Gasteiger partial charge in [0.05, 0.1) is 12.0 Å². The number of hydrogen-bond acceptors (Lipinski definition) is 5. The van der Waals surface area contributed by atoms with E-state index in [2.05, 4.69) is 10.3 Å². The van der Waals surface area contributed by atoms with E-state index < -0.39 is 10.0 Å². The lowest BCUT2D eigenvalue weighted by atomic mass is 9.93. The highest BCUT2D eigenvalue weighted by atomic mass is 32.2. The van der Waals surface area contributed by atoms with Crippen LogP contribution >= 0.6 is 0 Å². The average molecular weight is 296 g/mol. The summed E-state index contributed by atoms with van der Waals surface area (Å²) in [5, 5.41) is 2.74. The summed E-state index contributed by atoms with van der Waals surface area (Å²) in [5.41, 5.74) is 5.68. The fourth-order valence-electron chi connectivity index (χ4n) is 2.96. The van der Waals surface area contributed by atoms with Gasteiger partial charge in [0, 0.05) is 19.3 Å². The fourth-order valence-corrected chi connectivity index (χ4v) is 4.73. The molecule has 7 nitrogen and oxygen atoms in total. The number of aromatic nitrogens is 1. The van der Waals surface area contributed by atoms with E-state index in [1.165, 1.54) is 16.6 Å². The van der Waals surface area contributed by atoms with Crippen molar-refractivity contribution in [2.75, 3.05) is 18.8 Å². The minimum absolute atomic E-state index is 0.00749. The predicted octanol–water partition coefficient (Wildman–Crippen LogP) is -0.437. The number of anilines is 1. The number of nitrogen functional groups attached to an aromatic ring is 1. The molecule has 20 heavy (non-hydrogen) atoms. The molecule has 1 amide bonds. The molecule has 3 heterocycles. The quantitative estimate of drug-likeness (QED) is 0.770. The summed E-state index contributed by atoms with van der Waals surface area (Å²) in [6.45, 7) is 0.774. The molecule has 2 aliphatic heterocycles. The maximum Gasteiger partial charge on any atom is 0.247 e. The van der Waals surface area contributed by atoms with Crippen molar-refractivity contribution in [3.05, 3.63) is 18.3 Å². The van der Waals surface area contributed by atoms with Crippen LogP contribution in [0.15, 0.2) is 23.2 Å². The van der Waals surface area contributed by atoms with Crippen LogP contribution in [0.2, 0.25) is 0 Å². The Hall–Kier alpha value is -1.67. The molecular formula is C12H16N4O3S. The van der Waals surface area contributed by atoms with Gasteiger partial charge in [-0.3, -0.25) is 4.79 Å². The Bertz CT molecular complexity index is 646. The van der Waals surface area contributed by atoms with E-state index in [4.69, 9.17) is 5.73 Å². The lowest BCUT2D eigenvalue weighted by molar-refractivity contribution is -0.123. The Morgan fingerprint density at radius 3 is 3.00 bits per heavy atom. The minimum atomic E-state index is -3.72. The zero-order chi connectivity index (χ0) is 14.3. The number of amides is 1. The van der Waals surface area contributed by atoms with Gasteiger partial charge in [-0.05, 0) is 25.0 Å². The zero-order valence-corrected chi connectivity index (χ0v) is 11.6. The first-order valence-electron chi connectivity index (χ1n) is 6.52. The van der Waals surface area contributed by atoms with Crippen molar-refractivity contribution in [3.63, 3.8) is 0 Å². The number of nitrogens with two attached hydrogens (primary N) is 1. The first-order chi connectivity index (χ1) is 9.51. The molecule has 0 bridgehead atoms. The summed E-state index contributed by atoms with van der Waals surface area (Å²) in [7, 11) is -3.72. The number of hydrogen-bond donors (Lipinski definition) is 2. The Balaban J connectivity index is 1.99. The van der Waals surface area contributed by atoms with Crippen molar-refractivity contribution >= 4 is 21.7 Å². The number of rotatable bonds is 2. The summed E-state index contributed by atoms with van der Waals surface area (Å²) < 4.78 is 26.8. The van der Waals surface area contributed by atoms with Gasteiger partial charge in [-0.15, -0.1) is 0 Å². The molecule has 2 saturated heterocycles. The Morgan fingerprint density at radius 2 is 2.25 bits per heavy atom. The molecule has 2 unspecified atom stereocenters. The number of pyridine rings is 1. The third-order valence-electron chi connectivity index (χ3n) is 3.94. The van der Waals surface area contributed by atoms with E-state index in [0.29, 0.717) is 19.5 Å². The summed E-state index contributed by atoms with van der Waals surface area (Å²) in [6, 6.07) is 2.68. The molecule has 8 heteroatoms. The number of carbonyl (C=O) groups is 1. The van der Waals surface area contributed by atoms with Gasteiger partial charge in [-0.1, -0.05) is 0 Å². The standard InChI is InChI=1S/C12H16N4O3S/c13-11-10(4-1-5-14-11)20(18,19)16-6-2-3-8-9(16)7-15-12(8)17/h1,4-5,8-9H,2-3,6-7H2,(H2,13,14)(H,15,17). The molecule has 0 radical (unpaired) electrons. The monoisotopic (exact) mass is 296 g/mol. The fraction of sp³-hybridized carbons (Fsp3) is 0.500. The van der Waals surface area contributed by atoms with Crippen LogP contribution in [0, 0.1) is 5.92 Å². The van der Waals surface area contributed by atoms with Gasteiger partial charge in [0.1, 0.15) is 10.7 Å². The predicted molar refractivity (Wildman–Crippen MR) is 72.1 cm³/mol. The van der Waals surface area contributed by atoms with Crippen LogP contribution in [-0.2, 0) is 14.8 Å². The molecule has 3 rings (SSSR count). The molecular weight excluding hydrogens is 280 g/mol. The van der Waals surface area contributed by atoms with Crippen molar-refractivity contribution in [3.8, 4) is 0 Å². The lowest BCUT2D eigenvalue weighted by Gasteiger charge is -2.34. The van der Waals surface area contributed by atoms with Gasteiger partial charge >= 0.3 is 0 Å². The number of sulfonamides is 1. The molecule has 0 saturated carbocycles. The molecule has 0 aromatic carbocycles. The van der Waals surface area contributed by atoms with Crippen LogP contribution in [0.1, 0.15) is 12.8 Å². The largest absolute Gasteiger partial charge is 0.383 e. The van der Waals surface area contributed by atoms with Crippen molar-refractivity contribution in [2.45, 2.75) is 23.8 Å². The van der Waals surface area contributed by atoms with Gasteiger partial charge in [0.25, 0.3) is 0 Å². The molecule has 1 aromatic heterocycles. The highest BCUT2D eigenvalue weighted by Gasteiger charge is 2.46. The summed E-state index contributed by atoms with van der Waals surface area (Å²) in [6.07, 6.45) is 2.85. The number of carbonyl (C=O) groups excluding carboxylic acids is 1. The van der Waals surface area contributed by atoms with Crippen molar-refractivity contribution in [1.82, 2.24) is 14.6 Å². The smallest absolute Gasteiger partial charge is 0.247 e. The highest BCUT2D eigenvalue weighted by Crippen LogP contribution is 2.32. The topological polar surface area (TPSA) is 105 Å². The van der Waals surface area contributed by atoms with Crippen LogP contribution in [0.3, 0.4) is 0 Å². The van der Waals surface area contributed by atoms with Gasteiger partial charge in [0.2, 0.25) is 15.9 Å². The van der Waals surface area contributed by atoms with Crippen LogP contribution in [0.25, 0.3) is 0 Å². The maximum absolute atomic E-state index is 12.7. The summed E-state index contributed by atoms with van der Waals surface area (Å²) in [5.74, 6) is -0.322. The van der Waals surface area contributed by atoms with E-state index in [-0.39, 0.29) is 28.6 Å². The second-order valence-electron chi connectivity index (χ2n) is 5.06. The average Bonchev–Trinajstić information content (AvgIpc) is 2.81. The first kappa shape index (κ1) is 13.3. The Labute approximate surface area is 117 Å². The van der Waals surface area contributed by atoms with Crippen LogP contribution in [0.4, 0.5) is 5.82 Å². The summed E-state index contributed by atoms with van der Waals surface area (Å²) in [4.78, 5) is 15.6. The SMILES string of the molecule is Nc1ncccc1S(=O)(=O)N1CCCC2C(=O)NCC21. The molecule has 1 aromatic rings. The second-order valence-corrected chi connectivity index (χ2v) is 6.92. The number of piperidine rings is 1. The van der Waals surface area contributed by atoms with E-state index in [1.54, 1.807) is 6.07 Å². The van der Waals surface area contributed by atoms with Crippen molar-refractivity contribution in [2.24, 2.45) is 5.92 Å². The van der Waals surface area contributed by atoms with Gasteiger partial charge in [0.15, 0.2) is 0 Å². The third-order valence-corrected chi connectivity index (χ3v) is 5.91. The number of nitrogens with zero attached hydrogens (tertiary/aromatic N) is 2. The first-order valence-corrected chi connectivity index (χ1v) is 7.96. The molecule has 108 valence electrons. The molecule has 0 aliphatic carbocycles. The normalized spacial score (nSPS) is 27.1. The zero-order valence-electron chi connectivity index (χ0n) is 10.8. The van der Waals surface area contributed by atoms with E-state index in [1.807, 2.05) is 0 Å². The number of fused-ring (bicyclic) bond motifs is 1. The third kappa shape index (κ3) is 1.95.